The number of nitrogens with one attached hydrogen (secondary N) is 1. The van der Waals surface area contributed by atoms with E-state index in [1.165, 1.54) is 11.0 Å². The molecule has 0 aliphatic heterocycles. The lowest BCUT2D eigenvalue weighted by Crippen LogP contribution is -2.53. The minimum absolute atomic E-state index is 0.0418. The van der Waals surface area contributed by atoms with Crippen molar-refractivity contribution in [2.45, 2.75) is 32.9 Å². The Morgan fingerprint density at radius 1 is 1.00 bits per heavy atom. The highest BCUT2D eigenvalue weighted by molar-refractivity contribution is 7.92. The van der Waals surface area contributed by atoms with E-state index in [-0.39, 0.29) is 29.6 Å². The summed E-state index contributed by atoms with van der Waals surface area (Å²) in [5.74, 6) is -1.66. The number of rotatable bonds is 11. The van der Waals surface area contributed by atoms with E-state index in [1.54, 1.807) is 6.92 Å². The smallest absolute Gasteiger partial charge is 0.244 e. The van der Waals surface area contributed by atoms with Crippen molar-refractivity contribution in [3.05, 3.63) is 100 Å². The Kier molecular flexibility index (Phi) is 9.88. The largest absolute Gasteiger partial charge is 0.355 e. The van der Waals surface area contributed by atoms with Gasteiger partial charge in [-0.2, -0.15) is 0 Å². The van der Waals surface area contributed by atoms with E-state index < -0.39 is 34.3 Å². The van der Waals surface area contributed by atoms with Crippen LogP contribution in [0.15, 0.2) is 72.8 Å². The van der Waals surface area contributed by atoms with Crippen LogP contribution in [0.3, 0.4) is 0 Å². The summed E-state index contributed by atoms with van der Waals surface area (Å²) in [6.07, 6.45) is 1.18. The molecular formula is C28H31ClFN3O4S. The normalized spacial score (nSPS) is 12.0. The third-order valence-corrected chi connectivity index (χ3v) is 7.40. The Bertz CT molecular complexity index is 1370. The van der Waals surface area contributed by atoms with Gasteiger partial charge in [-0.3, -0.25) is 13.9 Å². The molecule has 0 bridgehead atoms. The molecule has 10 heteroatoms. The predicted octanol–water partition coefficient (Wildman–Crippen LogP) is 4.33. The fourth-order valence-electron chi connectivity index (χ4n) is 3.99. The Balaban J connectivity index is 2.04. The number of benzene rings is 3. The fraction of sp³-hybridized carbons (Fsp3) is 0.286. The zero-order valence-electron chi connectivity index (χ0n) is 21.5. The van der Waals surface area contributed by atoms with Crippen LogP contribution in [0.25, 0.3) is 0 Å². The molecule has 1 N–H and O–H groups in total. The highest BCUT2D eigenvalue weighted by Crippen LogP contribution is 2.25. The quantitative estimate of drug-likeness (QED) is 0.379. The summed E-state index contributed by atoms with van der Waals surface area (Å²) in [4.78, 5) is 28.5. The summed E-state index contributed by atoms with van der Waals surface area (Å²) >= 11 is 5.90. The Labute approximate surface area is 228 Å². The maximum absolute atomic E-state index is 13.9. The van der Waals surface area contributed by atoms with Gasteiger partial charge < -0.3 is 10.2 Å². The molecule has 0 aromatic heterocycles. The number of anilines is 1. The average Bonchev–Trinajstić information content (AvgIpc) is 2.87. The van der Waals surface area contributed by atoms with Crippen LogP contribution in [0.4, 0.5) is 10.1 Å². The number of halogens is 2. The van der Waals surface area contributed by atoms with Gasteiger partial charge in [0.1, 0.15) is 18.4 Å². The van der Waals surface area contributed by atoms with E-state index in [9.17, 15) is 22.4 Å². The second-order valence-electron chi connectivity index (χ2n) is 8.98. The number of carbonyl (C=O) groups excluding carboxylic acids is 2. The fourth-order valence-corrected chi connectivity index (χ4v) is 5.01. The SMILES string of the molecule is CCNC(=O)[C@H](Cc1ccccc1)N(Cc1ccc(C)cc1)C(=O)CN(c1ccc(F)c(Cl)c1)S(C)(=O)=O. The second-order valence-corrected chi connectivity index (χ2v) is 11.3. The summed E-state index contributed by atoms with van der Waals surface area (Å²) < 4.78 is 40.1. The van der Waals surface area contributed by atoms with Gasteiger partial charge in [0.25, 0.3) is 0 Å². The summed E-state index contributed by atoms with van der Waals surface area (Å²) in [7, 11) is -3.97. The molecule has 0 radical (unpaired) electrons. The molecule has 38 heavy (non-hydrogen) atoms. The highest BCUT2D eigenvalue weighted by Gasteiger charge is 2.33. The van der Waals surface area contributed by atoms with Crippen molar-refractivity contribution < 1.29 is 22.4 Å². The van der Waals surface area contributed by atoms with Gasteiger partial charge in [0.05, 0.1) is 17.0 Å². The molecule has 2 amide bonds. The number of sulfonamides is 1. The van der Waals surface area contributed by atoms with Crippen molar-refractivity contribution in [3.8, 4) is 0 Å². The van der Waals surface area contributed by atoms with E-state index in [0.717, 1.165) is 39.4 Å². The van der Waals surface area contributed by atoms with Crippen LogP contribution in [-0.2, 0) is 32.6 Å². The van der Waals surface area contributed by atoms with Crippen molar-refractivity contribution in [3.63, 3.8) is 0 Å². The molecule has 3 rings (SSSR count). The highest BCUT2D eigenvalue weighted by atomic mass is 35.5. The van der Waals surface area contributed by atoms with Gasteiger partial charge in [0.15, 0.2) is 0 Å². The van der Waals surface area contributed by atoms with Crippen LogP contribution in [-0.4, -0.2) is 50.5 Å². The van der Waals surface area contributed by atoms with Crippen molar-refractivity contribution in [2.75, 3.05) is 23.7 Å². The van der Waals surface area contributed by atoms with Crippen LogP contribution in [0, 0.1) is 12.7 Å². The van der Waals surface area contributed by atoms with Crippen molar-refractivity contribution in [2.24, 2.45) is 0 Å². The second kappa shape index (κ2) is 12.9. The topological polar surface area (TPSA) is 86.8 Å². The third kappa shape index (κ3) is 7.79. The maximum atomic E-state index is 13.9. The van der Waals surface area contributed by atoms with Gasteiger partial charge in [0.2, 0.25) is 21.8 Å². The third-order valence-electron chi connectivity index (χ3n) is 5.97. The first-order valence-electron chi connectivity index (χ1n) is 12.1. The summed E-state index contributed by atoms with van der Waals surface area (Å²) in [6, 6.07) is 19.3. The van der Waals surface area contributed by atoms with E-state index in [0.29, 0.717) is 6.54 Å². The molecule has 202 valence electrons. The monoisotopic (exact) mass is 559 g/mol. The average molecular weight is 560 g/mol. The van der Waals surface area contributed by atoms with Gasteiger partial charge in [-0.15, -0.1) is 0 Å². The zero-order valence-corrected chi connectivity index (χ0v) is 23.1. The standard InChI is InChI=1S/C28H31ClFN3O4S/c1-4-31-28(35)26(16-21-8-6-5-7-9-21)32(18-22-12-10-20(2)11-13-22)27(34)19-33(38(3,36)37)23-14-15-25(30)24(29)17-23/h5-15,17,26H,4,16,18-19H2,1-3H3,(H,31,35)/t26-/m0/s1. The summed E-state index contributed by atoms with van der Waals surface area (Å²) in [5, 5.41) is 2.53. The first-order chi connectivity index (χ1) is 18.0. The zero-order chi connectivity index (χ0) is 27.9. The lowest BCUT2D eigenvalue weighted by Gasteiger charge is -2.33. The molecule has 1 atom stereocenters. The van der Waals surface area contributed by atoms with Crippen molar-refractivity contribution >= 4 is 39.1 Å². The summed E-state index contributed by atoms with van der Waals surface area (Å²) in [6.45, 7) is 3.57. The molecule has 0 heterocycles. The number of likely N-dealkylation sites (N-methyl/N-ethyl adjacent to an activating group) is 1. The van der Waals surface area contributed by atoms with Crippen LogP contribution < -0.4 is 9.62 Å². The molecule has 0 aliphatic rings. The van der Waals surface area contributed by atoms with E-state index >= 15 is 0 Å². The van der Waals surface area contributed by atoms with Gasteiger partial charge >= 0.3 is 0 Å². The first-order valence-corrected chi connectivity index (χ1v) is 14.3. The molecule has 0 fully saturated rings. The Hall–Kier alpha value is -3.43. The van der Waals surface area contributed by atoms with E-state index in [2.05, 4.69) is 5.32 Å². The van der Waals surface area contributed by atoms with Crippen molar-refractivity contribution in [1.29, 1.82) is 0 Å². The number of carbonyl (C=O) groups is 2. The van der Waals surface area contributed by atoms with Crippen LogP contribution >= 0.6 is 11.6 Å². The molecule has 0 unspecified atom stereocenters. The predicted molar refractivity (Wildman–Crippen MR) is 148 cm³/mol. The number of amides is 2. The minimum Gasteiger partial charge on any atom is -0.355 e. The van der Waals surface area contributed by atoms with Crippen LogP contribution in [0.1, 0.15) is 23.6 Å². The lowest BCUT2D eigenvalue weighted by atomic mass is 10.0. The minimum atomic E-state index is -3.97. The maximum Gasteiger partial charge on any atom is 0.244 e. The number of aryl methyl sites for hydroxylation is 1. The Morgan fingerprint density at radius 2 is 1.66 bits per heavy atom. The first kappa shape index (κ1) is 29.1. The van der Waals surface area contributed by atoms with E-state index in [1.807, 2.05) is 61.5 Å². The summed E-state index contributed by atoms with van der Waals surface area (Å²) in [5.41, 5.74) is 2.70. The van der Waals surface area contributed by atoms with Gasteiger partial charge in [-0.25, -0.2) is 12.8 Å². The van der Waals surface area contributed by atoms with Crippen molar-refractivity contribution in [1.82, 2.24) is 10.2 Å². The Morgan fingerprint density at radius 3 is 2.24 bits per heavy atom. The number of hydrogen-bond donors (Lipinski definition) is 1. The van der Waals surface area contributed by atoms with Gasteiger partial charge in [-0.05, 0) is 43.2 Å². The molecule has 0 aliphatic carbocycles. The lowest BCUT2D eigenvalue weighted by molar-refractivity contribution is -0.140. The number of hydrogen-bond acceptors (Lipinski definition) is 4. The molecule has 0 saturated heterocycles. The van der Waals surface area contributed by atoms with Crippen LogP contribution in [0.5, 0.6) is 0 Å². The molecule has 3 aromatic rings. The number of nitrogens with zero attached hydrogens (tertiary/aromatic N) is 2. The molecule has 3 aromatic carbocycles. The van der Waals surface area contributed by atoms with E-state index in [4.69, 9.17) is 11.6 Å². The van der Waals surface area contributed by atoms with Gasteiger partial charge in [-0.1, -0.05) is 71.8 Å². The van der Waals surface area contributed by atoms with Crippen LogP contribution in [0.2, 0.25) is 5.02 Å². The van der Waals surface area contributed by atoms with Gasteiger partial charge in [0, 0.05) is 19.5 Å². The molecule has 0 saturated carbocycles. The molecular weight excluding hydrogens is 529 g/mol. The molecule has 0 spiro atoms. The molecule has 7 nitrogen and oxygen atoms in total.